The standard InChI is InChI=1S/C24H22N2O6/c1-2-25(18-10-12-19(13-11-18)26(30)31)24(29)22-16-21(32-20-6-4-3-5-7-20)14-8-17(22)9-15-23(27)28/h3-8,10-14,16H,2,9,15H2,1H3,(H,27,28). The Morgan fingerprint density at radius 3 is 2.28 bits per heavy atom. The molecule has 0 spiro atoms. The number of benzene rings is 3. The summed E-state index contributed by atoms with van der Waals surface area (Å²) in [7, 11) is 0. The summed E-state index contributed by atoms with van der Waals surface area (Å²) in [6, 6.07) is 19.8. The van der Waals surface area contributed by atoms with Gasteiger partial charge in [0, 0.05) is 36.3 Å². The molecule has 1 amide bonds. The number of non-ortho nitro benzene ring substituents is 1. The average molecular weight is 434 g/mol. The van der Waals surface area contributed by atoms with Gasteiger partial charge in [0.1, 0.15) is 11.5 Å². The van der Waals surface area contributed by atoms with Gasteiger partial charge in [0.2, 0.25) is 0 Å². The molecule has 3 aromatic carbocycles. The van der Waals surface area contributed by atoms with Crippen LogP contribution in [0.15, 0.2) is 72.8 Å². The third-order valence-electron chi connectivity index (χ3n) is 4.83. The van der Waals surface area contributed by atoms with Gasteiger partial charge in [-0.2, -0.15) is 0 Å². The number of para-hydroxylation sites is 1. The maximum atomic E-state index is 13.5. The van der Waals surface area contributed by atoms with Crippen LogP contribution in [0.4, 0.5) is 11.4 Å². The molecule has 0 saturated carbocycles. The summed E-state index contributed by atoms with van der Waals surface area (Å²) < 4.78 is 5.85. The number of nitrogens with zero attached hydrogens (tertiary/aromatic N) is 2. The van der Waals surface area contributed by atoms with Crippen LogP contribution in [0, 0.1) is 10.1 Å². The number of aryl methyl sites for hydroxylation is 1. The lowest BCUT2D eigenvalue weighted by Crippen LogP contribution is -2.31. The van der Waals surface area contributed by atoms with Gasteiger partial charge in [0.05, 0.1) is 4.92 Å². The molecule has 0 fully saturated rings. The van der Waals surface area contributed by atoms with E-state index >= 15 is 0 Å². The van der Waals surface area contributed by atoms with Gasteiger partial charge in [-0.25, -0.2) is 0 Å². The molecule has 32 heavy (non-hydrogen) atoms. The van der Waals surface area contributed by atoms with Crippen LogP contribution in [0.2, 0.25) is 0 Å². The van der Waals surface area contributed by atoms with Crippen LogP contribution in [-0.2, 0) is 11.2 Å². The van der Waals surface area contributed by atoms with Crippen LogP contribution < -0.4 is 9.64 Å². The molecular formula is C24H22N2O6. The molecule has 3 rings (SSSR count). The van der Waals surface area contributed by atoms with Gasteiger partial charge >= 0.3 is 5.97 Å². The second-order valence-electron chi connectivity index (χ2n) is 6.95. The smallest absolute Gasteiger partial charge is 0.303 e. The Morgan fingerprint density at radius 2 is 1.69 bits per heavy atom. The van der Waals surface area contributed by atoms with Gasteiger partial charge < -0.3 is 14.7 Å². The number of ether oxygens (including phenoxy) is 1. The van der Waals surface area contributed by atoms with Crippen molar-refractivity contribution in [3.05, 3.63) is 94.0 Å². The van der Waals surface area contributed by atoms with Crippen LogP contribution in [0.5, 0.6) is 11.5 Å². The summed E-state index contributed by atoms with van der Waals surface area (Å²) >= 11 is 0. The molecule has 0 heterocycles. The van der Waals surface area contributed by atoms with Crippen molar-refractivity contribution < 1.29 is 24.4 Å². The number of hydrogen-bond donors (Lipinski definition) is 1. The number of rotatable bonds is 9. The Morgan fingerprint density at radius 1 is 1.00 bits per heavy atom. The zero-order chi connectivity index (χ0) is 23.1. The van der Waals surface area contributed by atoms with Gasteiger partial charge in [0.15, 0.2) is 0 Å². The number of anilines is 1. The van der Waals surface area contributed by atoms with Crippen LogP contribution in [-0.4, -0.2) is 28.5 Å². The van der Waals surface area contributed by atoms with E-state index in [0.717, 1.165) is 0 Å². The van der Waals surface area contributed by atoms with Crippen molar-refractivity contribution in [2.45, 2.75) is 19.8 Å². The van der Waals surface area contributed by atoms with Crippen LogP contribution >= 0.6 is 0 Å². The summed E-state index contributed by atoms with van der Waals surface area (Å²) in [4.78, 5) is 36.4. The molecule has 0 aliphatic rings. The molecule has 0 radical (unpaired) electrons. The van der Waals surface area contributed by atoms with Crippen molar-refractivity contribution in [2.24, 2.45) is 0 Å². The monoisotopic (exact) mass is 434 g/mol. The third kappa shape index (κ3) is 5.48. The lowest BCUT2D eigenvalue weighted by molar-refractivity contribution is -0.384. The lowest BCUT2D eigenvalue weighted by atomic mass is 10.0. The molecule has 0 unspecified atom stereocenters. The van der Waals surface area contributed by atoms with Gasteiger partial charge in [0.25, 0.3) is 11.6 Å². The fraction of sp³-hybridized carbons (Fsp3) is 0.167. The van der Waals surface area contributed by atoms with Crippen molar-refractivity contribution in [3.8, 4) is 11.5 Å². The number of carboxylic acid groups (broad SMARTS) is 1. The minimum absolute atomic E-state index is 0.0716. The van der Waals surface area contributed by atoms with Crippen molar-refractivity contribution >= 4 is 23.3 Å². The van der Waals surface area contributed by atoms with Crippen molar-refractivity contribution in [2.75, 3.05) is 11.4 Å². The van der Waals surface area contributed by atoms with Gasteiger partial charge in [-0.3, -0.25) is 19.7 Å². The summed E-state index contributed by atoms with van der Waals surface area (Å²) in [5, 5.41) is 20.0. The van der Waals surface area contributed by atoms with Gasteiger partial charge in [-0.15, -0.1) is 0 Å². The fourth-order valence-corrected chi connectivity index (χ4v) is 3.25. The average Bonchev–Trinajstić information content (AvgIpc) is 2.79. The van der Waals surface area contributed by atoms with Gasteiger partial charge in [-0.05, 0) is 55.3 Å². The Kier molecular flexibility index (Phi) is 7.17. The van der Waals surface area contributed by atoms with Crippen molar-refractivity contribution in [1.82, 2.24) is 0 Å². The molecule has 1 N–H and O–H groups in total. The van der Waals surface area contributed by atoms with E-state index in [1.54, 1.807) is 37.3 Å². The normalized spacial score (nSPS) is 10.4. The molecule has 164 valence electrons. The molecule has 0 atom stereocenters. The van der Waals surface area contributed by atoms with E-state index in [0.29, 0.717) is 34.9 Å². The Hall–Kier alpha value is -4.20. The van der Waals surface area contributed by atoms with Crippen molar-refractivity contribution in [1.29, 1.82) is 0 Å². The number of carbonyl (C=O) groups is 2. The first-order valence-electron chi connectivity index (χ1n) is 10.0. The Bertz CT molecular complexity index is 1110. The zero-order valence-electron chi connectivity index (χ0n) is 17.4. The van der Waals surface area contributed by atoms with E-state index in [2.05, 4.69) is 0 Å². The Balaban J connectivity index is 1.96. The highest BCUT2D eigenvalue weighted by Gasteiger charge is 2.21. The maximum Gasteiger partial charge on any atom is 0.303 e. The van der Waals surface area contributed by atoms with Crippen LogP contribution in [0.3, 0.4) is 0 Å². The Labute approximate surface area is 184 Å². The van der Waals surface area contributed by atoms with Crippen LogP contribution in [0.1, 0.15) is 29.3 Å². The first kappa shape index (κ1) is 22.5. The van der Waals surface area contributed by atoms with E-state index in [9.17, 15) is 19.7 Å². The molecular weight excluding hydrogens is 412 g/mol. The lowest BCUT2D eigenvalue weighted by Gasteiger charge is -2.23. The molecule has 8 nitrogen and oxygen atoms in total. The third-order valence-corrected chi connectivity index (χ3v) is 4.83. The second kappa shape index (κ2) is 10.2. The summed E-state index contributed by atoms with van der Waals surface area (Å²) in [5.74, 6) is -0.263. The molecule has 8 heteroatoms. The number of carbonyl (C=O) groups excluding carboxylic acids is 1. The summed E-state index contributed by atoms with van der Waals surface area (Å²) in [6.45, 7) is 2.11. The quantitative estimate of drug-likeness (QED) is 0.372. The van der Waals surface area contributed by atoms with Crippen molar-refractivity contribution in [3.63, 3.8) is 0 Å². The fourth-order valence-electron chi connectivity index (χ4n) is 3.25. The van der Waals surface area contributed by atoms with E-state index in [1.165, 1.54) is 29.2 Å². The van der Waals surface area contributed by atoms with Crippen LogP contribution in [0.25, 0.3) is 0 Å². The van der Waals surface area contributed by atoms with E-state index < -0.39 is 10.9 Å². The molecule has 0 aliphatic heterocycles. The number of amides is 1. The highest BCUT2D eigenvalue weighted by molar-refractivity contribution is 6.07. The maximum absolute atomic E-state index is 13.5. The molecule has 0 bridgehead atoms. The highest BCUT2D eigenvalue weighted by Crippen LogP contribution is 2.28. The molecule has 0 aliphatic carbocycles. The number of nitro benzene ring substituents is 1. The van der Waals surface area contributed by atoms with Gasteiger partial charge in [-0.1, -0.05) is 24.3 Å². The largest absolute Gasteiger partial charge is 0.481 e. The first-order valence-corrected chi connectivity index (χ1v) is 10.0. The SMILES string of the molecule is CCN(C(=O)c1cc(Oc2ccccc2)ccc1CCC(=O)O)c1ccc([N+](=O)[O-])cc1. The number of aliphatic carboxylic acids is 1. The highest BCUT2D eigenvalue weighted by atomic mass is 16.6. The predicted octanol–water partition coefficient (Wildman–Crippen LogP) is 5.07. The minimum atomic E-state index is -0.962. The first-order chi connectivity index (χ1) is 15.4. The van der Waals surface area contributed by atoms with E-state index in [1.807, 2.05) is 18.2 Å². The number of nitro groups is 1. The summed E-state index contributed by atoms with van der Waals surface area (Å²) in [6.07, 6.45) is 0.0582. The second-order valence-corrected chi connectivity index (χ2v) is 6.95. The topological polar surface area (TPSA) is 110 Å². The number of hydrogen-bond acceptors (Lipinski definition) is 5. The molecule has 0 aromatic heterocycles. The molecule has 3 aromatic rings. The molecule has 0 saturated heterocycles. The number of carboxylic acids is 1. The minimum Gasteiger partial charge on any atom is -0.481 e. The summed E-state index contributed by atoms with van der Waals surface area (Å²) in [5.41, 5.74) is 1.33. The zero-order valence-corrected chi connectivity index (χ0v) is 17.4. The van der Waals surface area contributed by atoms with E-state index in [-0.39, 0.29) is 24.4 Å². The predicted molar refractivity (Wildman–Crippen MR) is 119 cm³/mol. The van der Waals surface area contributed by atoms with E-state index in [4.69, 9.17) is 9.84 Å².